The van der Waals surface area contributed by atoms with E-state index >= 15 is 0 Å². The van der Waals surface area contributed by atoms with Crippen LogP contribution in [0.4, 0.5) is 5.82 Å². The van der Waals surface area contributed by atoms with Gasteiger partial charge in [0.05, 0.1) is 17.1 Å². The summed E-state index contributed by atoms with van der Waals surface area (Å²) in [5, 5.41) is 14.0. The van der Waals surface area contributed by atoms with Gasteiger partial charge in [0.1, 0.15) is 17.8 Å². The Kier molecular flexibility index (Phi) is 6.30. The summed E-state index contributed by atoms with van der Waals surface area (Å²) >= 11 is 0. The lowest BCUT2D eigenvalue weighted by Gasteiger charge is -2.47. The van der Waals surface area contributed by atoms with Crippen molar-refractivity contribution in [2.24, 2.45) is 17.8 Å². The van der Waals surface area contributed by atoms with E-state index in [1.807, 2.05) is 6.92 Å². The Morgan fingerprint density at radius 1 is 1.07 bits per heavy atom. The quantitative estimate of drug-likeness (QED) is 0.267. The molecule has 0 saturated heterocycles. The maximum Gasteiger partial charge on any atom is 0.308 e. The van der Waals surface area contributed by atoms with Crippen LogP contribution in [0.3, 0.4) is 0 Å². The number of aromatic nitrogens is 5. The van der Waals surface area contributed by atoms with Crippen molar-refractivity contribution >= 4 is 32.8 Å². The number of carbonyl (C=O) groups is 1. The number of aliphatic carboxylic acids is 1. The molecule has 3 aliphatic rings. The number of carboxylic acids is 1. The van der Waals surface area contributed by atoms with Gasteiger partial charge >= 0.3 is 5.97 Å². The lowest BCUT2D eigenvalue weighted by Crippen LogP contribution is -2.51. The first-order chi connectivity index (χ1) is 20.3. The number of furan rings is 1. The van der Waals surface area contributed by atoms with Crippen molar-refractivity contribution in [3.63, 3.8) is 0 Å². The van der Waals surface area contributed by atoms with E-state index in [4.69, 9.17) is 14.4 Å². The average Bonchev–Trinajstić information content (AvgIpc) is 3.67. The summed E-state index contributed by atoms with van der Waals surface area (Å²) in [6.07, 6.45) is 9.61. The second kappa shape index (κ2) is 10.1. The van der Waals surface area contributed by atoms with Gasteiger partial charge in [-0.2, -0.15) is 0 Å². The smallest absolute Gasteiger partial charge is 0.308 e. The molecule has 4 heterocycles. The molecule has 214 valence electrons. The minimum atomic E-state index is -4.01. The molecule has 0 spiro atoms. The lowest BCUT2D eigenvalue weighted by atomic mass is 9.61. The highest BCUT2D eigenvalue weighted by Crippen LogP contribution is 2.46. The van der Waals surface area contributed by atoms with Gasteiger partial charge in [0, 0.05) is 35.5 Å². The molecule has 0 radical (unpaired) electrons. The normalized spacial score (nSPS) is 21.9. The molecule has 2 unspecified atom stereocenters. The van der Waals surface area contributed by atoms with Crippen LogP contribution in [0.25, 0.3) is 33.9 Å². The van der Waals surface area contributed by atoms with Gasteiger partial charge in [-0.3, -0.25) is 4.79 Å². The number of anilines is 1. The van der Waals surface area contributed by atoms with E-state index in [1.165, 1.54) is 18.7 Å². The maximum absolute atomic E-state index is 13.7. The number of hydrogen-bond donors (Lipinski definition) is 2. The zero-order valence-corrected chi connectivity index (χ0v) is 23.5. The summed E-state index contributed by atoms with van der Waals surface area (Å²) in [5.41, 5.74) is 2.02. The number of aryl methyl sites for hydroxylation is 1. The van der Waals surface area contributed by atoms with Crippen molar-refractivity contribution in [2.75, 3.05) is 5.32 Å². The molecule has 5 aromatic rings. The zero-order chi connectivity index (χ0) is 29.0. The topological polar surface area (TPSA) is 153 Å². The molecule has 42 heavy (non-hydrogen) atoms. The number of nitrogens with one attached hydrogen (secondary N) is 1. The number of rotatable bonds is 7. The van der Waals surface area contributed by atoms with E-state index < -0.39 is 21.9 Å². The van der Waals surface area contributed by atoms with Gasteiger partial charge in [-0.25, -0.2) is 32.3 Å². The van der Waals surface area contributed by atoms with Crippen LogP contribution in [-0.4, -0.2) is 49.4 Å². The Bertz CT molecular complexity index is 1890. The Morgan fingerprint density at radius 3 is 2.55 bits per heavy atom. The molecule has 0 aliphatic heterocycles. The Hall–Kier alpha value is -4.58. The standard InChI is InChI=1S/C30H28N6O5S/c1-17-4-10-20(11-5-17)42(39,40)36-15-22(21-14-31-16-32-29(21)36)28-33-23(24-3-2-12-41-24)13-25(35-28)34-27-19-8-6-18(7-9-19)26(27)30(37)38/h2-5,10-16,18-19,26-27H,6-9H2,1H3,(H,37,38)(H,33,34,35). The molecule has 3 saturated carbocycles. The van der Waals surface area contributed by atoms with Gasteiger partial charge in [0.15, 0.2) is 17.2 Å². The molecular weight excluding hydrogens is 556 g/mol. The van der Waals surface area contributed by atoms with Gasteiger partial charge in [0.25, 0.3) is 10.0 Å². The van der Waals surface area contributed by atoms with Crippen molar-refractivity contribution in [3.05, 3.63) is 73.0 Å². The summed E-state index contributed by atoms with van der Waals surface area (Å²) in [7, 11) is -4.01. The summed E-state index contributed by atoms with van der Waals surface area (Å²) in [6.45, 7) is 1.89. The van der Waals surface area contributed by atoms with E-state index in [0.29, 0.717) is 28.2 Å². The second-order valence-electron chi connectivity index (χ2n) is 11.1. The van der Waals surface area contributed by atoms with E-state index in [0.717, 1.165) is 35.2 Å². The molecule has 11 nitrogen and oxygen atoms in total. The first-order valence-electron chi connectivity index (χ1n) is 13.9. The van der Waals surface area contributed by atoms with Crippen LogP contribution < -0.4 is 5.32 Å². The summed E-state index contributed by atoms with van der Waals surface area (Å²) in [6, 6.07) is 11.6. The molecular formula is C30H28N6O5S. The maximum atomic E-state index is 13.7. The SMILES string of the molecule is Cc1ccc(S(=O)(=O)n2cc(-c3nc(NC4C5CCC(CC5)C4C(=O)O)cc(-c4ccco4)n3)c3cncnc32)cc1. The van der Waals surface area contributed by atoms with Gasteiger partial charge in [-0.15, -0.1) is 0 Å². The van der Waals surface area contributed by atoms with Crippen molar-refractivity contribution in [2.45, 2.75) is 43.5 Å². The largest absolute Gasteiger partial charge is 0.481 e. The fourth-order valence-electron chi connectivity index (χ4n) is 6.50. The predicted molar refractivity (Wildman–Crippen MR) is 154 cm³/mol. The van der Waals surface area contributed by atoms with Crippen molar-refractivity contribution in [1.82, 2.24) is 23.9 Å². The molecule has 1 aromatic carbocycles. The minimum absolute atomic E-state index is 0.120. The molecule has 4 aromatic heterocycles. The summed E-state index contributed by atoms with van der Waals surface area (Å²) in [5.74, 6) is 0.191. The average molecular weight is 585 g/mol. The Balaban J connectivity index is 1.37. The third-order valence-corrected chi connectivity index (χ3v) is 10.2. The molecule has 2 atom stereocenters. The van der Waals surface area contributed by atoms with Crippen LogP contribution in [0.15, 0.2) is 76.8 Å². The van der Waals surface area contributed by atoms with Crippen LogP contribution in [0.5, 0.6) is 0 Å². The third kappa shape index (κ3) is 4.42. The summed E-state index contributed by atoms with van der Waals surface area (Å²) < 4.78 is 34.2. The van der Waals surface area contributed by atoms with Crippen LogP contribution in [0, 0.1) is 24.7 Å². The molecule has 3 fully saturated rings. The van der Waals surface area contributed by atoms with Crippen LogP contribution in [0.1, 0.15) is 31.2 Å². The highest BCUT2D eigenvalue weighted by molar-refractivity contribution is 7.90. The fourth-order valence-corrected chi connectivity index (χ4v) is 7.82. The number of hydrogen-bond acceptors (Lipinski definition) is 9. The molecule has 2 bridgehead atoms. The van der Waals surface area contributed by atoms with E-state index in [2.05, 4.69) is 15.3 Å². The van der Waals surface area contributed by atoms with Crippen LogP contribution >= 0.6 is 0 Å². The molecule has 12 heteroatoms. The predicted octanol–water partition coefficient (Wildman–Crippen LogP) is 5.00. The van der Waals surface area contributed by atoms with Crippen molar-refractivity contribution < 1.29 is 22.7 Å². The van der Waals surface area contributed by atoms with Crippen LogP contribution in [-0.2, 0) is 14.8 Å². The molecule has 0 amide bonds. The zero-order valence-electron chi connectivity index (χ0n) is 22.7. The Labute approximate surface area is 241 Å². The number of nitrogens with zero attached hydrogens (tertiary/aromatic N) is 5. The first-order valence-corrected chi connectivity index (χ1v) is 15.3. The number of carboxylic acid groups (broad SMARTS) is 1. The number of benzene rings is 1. The highest BCUT2D eigenvalue weighted by Gasteiger charge is 2.47. The van der Waals surface area contributed by atoms with Gasteiger partial charge in [0.2, 0.25) is 0 Å². The van der Waals surface area contributed by atoms with Crippen LogP contribution in [0.2, 0.25) is 0 Å². The molecule has 3 aliphatic carbocycles. The summed E-state index contributed by atoms with van der Waals surface area (Å²) in [4.78, 5) is 30.4. The fraction of sp³-hybridized carbons (Fsp3) is 0.300. The van der Waals surface area contributed by atoms with Crippen molar-refractivity contribution in [3.8, 4) is 22.8 Å². The first kappa shape index (κ1) is 26.3. The third-order valence-electron chi connectivity index (χ3n) is 8.57. The number of fused-ring (bicyclic) bond motifs is 4. The molecule has 2 N–H and O–H groups in total. The van der Waals surface area contributed by atoms with Gasteiger partial charge in [-0.1, -0.05) is 17.7 Å². The monoisotopic (exact) mass is 584 g/mol. The lowest BCUT2D eigenvalue weighted by molar-refractivity contribution is -0.148. The minimum Gasteiger partial charge on any atom is -0.481 e. The van der Waals surface area contributed by atoms with E-state index in [9.17, 15) is 18.3 Å². The van der Waals surface area contributed by atoms with Crippen molar-refractivity contribution in [1.29, 1.82) is 0 Å². The van der Waals surface area contributed by atoms with E-state index in [-0.39, 0.29) is 34.2 Å². The molecule has 8 rings (SSSR count). The highest BCUT2D eigenvalue weighted by atomic mass is 32.2. The van der Waals surface area contributed by atoms with Gasteiger partial charge in [-0.05, 0) is 68.7 Å². The van der Waals surface area contributed by atoms with Gasteiger partial charge < -0.3 is 14.8 Å². The Morgan fingerprint density at radius 2 is 1.83 bits per heavy atom. The van der Waals surface area contributed by atoms with E-state index in [1.54, 1.807) is 48.7 Å². The second-order valence-corrected chi connectivity index (χ2v) is 12.9.